The molecule has 1 aromatic rings. The predicted molar refractivity (Wildman–Crippen MR) is 67.6 cm³/mol. The molecule has 0 radical (unpaired) electrons. The number of aliphatic hydroxyl groups is 2. The van der Waals surface area contributed by atoms with Gasteiger partial charge in [-0.25, -0.2) is 0 Å². The molecule has 17 heavy (non-hydrogen) atoms. The van der Waals surface area contributed by atoms with E-state index >= 15 is 0 Å². The molecule has 0 aromatic carbocycles. The first-order chi connectivity index (χ1) is 8.02. The maximum Gasteiger partial charge on any atom is 0.0938 e. The molecule has 0 unspecified atom stereocenters. The van der Waals surface area contributed by atoms with E-state index in [1.807, 2.05) is 16.6 Å². The third-order valence-corrected chi connectivity index (χ3v) is 4.13. The van der Waals surface area contributed by atoms with Crippen LogP contribution < -0.4 is 0 Å². The van der Waals surface area contributed by atoms with Crippen molar-refractivity contribution in [2.45, 2.75) is 32.1 Å². The van der Waals surface area contributed by atoms with Crippen molar-refractivity contribution in [3.05, 3.63) is 15.9 Å². The lowest BCUT2D eigenvalue weighted by Crippen LogP contribution is -2.23. The molecule has 2 heterocycles. The molecular weight excluding hydrogens is 286 g/mol. The van der Waals surface area contributed by atoms with Gasteiger partial charge in [0.05, 0.1) is 28.1 Å². The highest BCUT2D eigenvalue weighted by atomic mass is 79.9. The lowest BCUT2D eigenvalue weighted by atomic mass is 10.3. The molecule has 1 aliphatic heterocycles. The second-order valence-electron chi connectivity index (χ2n) is 4.51. The first kappa shape index (κ1) is 13.0. The summed E-state index contributed by atoms with van der Waals surface area (Å²) in [5.74, 6) is 0. The van der Waals surface area contributed by atoms with Crippen LogP contribution in [0, 0.1) is 0 Å². The van der Waals surface area contributed by atoms with Crippen molar-refractivity contribution >= 4 is 15.9 Å². The van der Waals surface area contributed by atoms with Gasteiger partial charge in [0.1, 0.15) is 0 Å². The van der Waals surface area contributed by atoms with Crippen molar-refractivity contribution in [3.8, 4) is 0 Å². The van der Waals surface area contributed by atoms with Gasteiger partial charge in [-0.05, 0) is 22.4 Å². The summed E-state index contributed by atoms with van der Waals surface area (Å²) < 4.78 is 2.90. The van der Waals surface area contributed by atoms with Crippen LogP contribution >= 0.6 is 15.9 Å². The van der Waals surface area contributed by atoms with E-state index in [1.165, 1.54) is 0 Å². The summed E-state index contributed by atoms with van der Waals surface area (Å²) in [4.78, 5) is 2.04. The molecule has 0 aliphatic carbocycles. The van der Waals surface area contributed by atoms with E-state index in [4.69, 9.17) is 0 Å². The Balaban J connectivity index is 2.11. The van der Waals surface area contributed by atoms with Gasteiger partial charge in [-0.1, -0.05) is 6.92 Å². The number of aryl methyl sites for hydroxylation is 2. The molecule has 1 saturated heterocycles. The predicted octanol–water partition coefficient (Wildman–Crippen LogP) is 0.282. The Labute approximate surface area is 109 Å². The van der Waals surface area contributed by atoms with Gasteiger partial charge in [0.15, 0.2) is 0 Å². The Morgan fingerprint density at radius 2 is 1.94 bits per heavy atom. The fourth-order valence-electron chi connectivity index (χ4n) is 2.18. The monoisotopic (exact) mass is 303 g/mol. The van der Waals surface area contributed by atoms with Gasteiger partial charge in [0, 0.05) is 26.7 Å². The molecule has 0 saturated carbocycles. The van der Waals surface area contributed by atoms with Gasteiger partial charge in [0.2, 0.25) is 0 Å². The lowest BCUT2D eigenvalue weighted by Gasteiger charge is -2.15. The van der Waals surface area contributed by atoms with E-state index in [0.717, 1.165) is 22.3 Å². The van der Waals surface area contributed by atoms with E-state index < -0.39 is 12.2 Å². The van der Waals surface area contributed by atoms with Crippen molar-refractivity contribution < 1.29 is 10.2 Å². The highest BCUT2D eigenvalue weighted by molar-refractivity contribution is 9.10. The summed E-state index contributed by atoms with van der Waals surface area (Å²) in [6.07, 6.45) is -0.375. The van der Waals surface area contributed by atoms with Crippen LogP contribution in [0.3, 0.4) is 0 Å². The topological polar surface area (TPSA) is 61.5 Å². The maximum atomic E-state index is 9.51. The highest BCUT2D eigenvalue weighted by Gasteiger charge is 2.30. The molecule has 5 nitrogen and oxygen atoms in total. The van der Waals surface area contributed by atoms with Crippen LogP contribution in [-0.2, 0) is 20.0 Å². The average molecular weight is 304 g/mol. The second-order valence-corrected chi connectivity index (χ2v) is 5.31. The molecule has 2 atom stereocenters. The van der Waals surface area contributed by atoms with E-state index in [2.05, 4.69) is 28.0 Å². The molecule has 96 valence electrons. The normalized spacial score (nSPS) is 25.7. The molecule has 6 heteroatoms. The molecule has 0 bridgehead atoms. The Bertz CT molecular complexity index is 398. The zero-order valence-corrected chi connectivity index (χ0v) is 11.7. The Kier molecular flexibility index (Phi) is 3.87. The molecule has 1 aliphatic rings. The van der Waals surface area contributed by atoms with Gasteiger partial charge in [0.25, 0.3) is 0 Å². The zero-order valence-electron chi connectivity index (χ0n) is 10.1. The van der Waals surface area contributed by atoms with Gasteiger partial charge in [-0.2, -0.15) is 5.10 Å². The maximum absolute atomic E-state index is 9.51. The van der Waals surface area contributed by atoms with Crippen molar-refractivity contribution in [1.29, 1.82) is 0 Å². The van der Waals surface area contributed by atoms with Gasteiger partial charge < -0.3 is 10.2 Å². The fraction of sp³-hybridized carbons (Fsp3) is 0.727. The number of halogens is 1. The van der Waals surface area contributed by atoms with Crippen LogP contribution in [0.15, 0.2) is 4.47 Å². The third kappa shape index (κ3) is 2.54. The SMILES string of the molecule is CCc1nn(C)c(CN2C[C@@H](O)[C@@H](O)C2)c1Br. The van der Waals surface area contributed by atoms with Gasteiger partial charge in [-0.15, -0.1) is 0 Å². The van der Waals surface area contributed by atoms with Crippen LogP contribution in [0.4, 0.5) is 0 Å². The minimum absolute atomic E-state index is 0.514. The van der Waals surface area contributed by atoms with Gasteiger partial charge >= 0.3 is 0 Å². The molecular formula is C11H18BrN3O2. The number of aliphatic hydroxyl groups excluding tert-OH is 2. The average Bonchev–Trinajstić information content (AvgIpc) is 2.73. The molecule has 0 spiro atoms. The minimum Gasteiger partial charge on any atom is -0.389 e. The Hall–Kier alpha value is -0.430. The standard InChI is InChI=1S/C11H18BrN3O2/c1-3-7-11(12)8(14(2)13-7)4-15-5-9(16)10(17)6-15/h9-10,16-17H,3-6H2,1-2H3/t9-,10+. The van der Waals surface area contributed by atoms with E-state index in [0.29, 0.717) is 19.6 Å². The summed E-state index contributed by atoms with van der Waals surface area (Å²) in [5, 5.41) is 23.4. The van der Waals surface area contributed by atoms with E-state index in [1.54, 1.807) is 0 Å². The Morgan fingerprint density at radius 1 is 1.35 bits per heavy atom. The van der Waals surface area contributed by atoms with Crippen molar-refractivity contribution in [2.75, 3.05) is 13.1 Å². The summed E-state index contributed by atoms with van der Waals surface area (Å²) in [7, 11) is 1.92. The summed E-state index contributed by atoms with van der Waals surface area (Å²) in [6, 6.07) is 0. The molecule has 0 amide bonds. The highest BCUT2D eigenvalue weighted by Crippen LogP contribution is 2.24. The van der Waals surface area contributed by atoms with E-state index in [9.17, 15) is 10.2 Å². The number of aromatic nitrogens is 2. The van der Waals surface area contributed by atoms with Crippen LogP contribution in [0.1, 0.15) is 18.3 Å². The molecule has 1 fully saturated rings. The first-order valence-electron chi connectivity index (χ1n) is 5.81. The van der Waals surface area contributed by atoms with Crippen LogP contribution in [-0.4, -0.2) is 50.2 Å². The third-order valence-electron chi connectivity index (χ3n) is 3.21. The molecule has 1 aromatic heterocycles. The largest absolute Gasteiger partial charge is 0.389 e. The lowest BCUT2D eigenvalue weighted by molar-refractivity contribution is 0.0572. The number of β-amino-alcohol motifs (C(OH)–C–C–N with tert-alkyl or cyclic N) is 2. The van der Waals surface area contributed by atoms with Crippen molar-refractivity contribution in [2.24, 2.45) is 7.05 Å². The number of likely N-dealkylation sites (tertiary alicyclic amines) is 1. The van der Waals surface area contributed by atoms with E-state index in [-0.39, 0.29) is 0 Å². The number of hydrogen-bond donors (Lipinski definition) is 2. The molecule has 2 rings (SSSR count). The second kappa shape index (κ2) is 5.06. The van der Waals surface area contributed by atoms with Gasteiger partial charge in [-0.3, -0.25) is 9.58 Å². The fourth-order valence-corrected chi connectivity index (χ4v) is 2.92. The smallest absolute Gasteiger partial charge is 0.0938 e. The van der Waals surface area contributed by atoms with Crippen molar-refractivity contribution in [1.82, 2.24) is 14.7 Å². The summed E-state index contributed by atoms with van der Waals surface area (Å²) in [6.45, 7) is 3.79. The van der Waals surface area contributed by atoms with Crippen LogP contribution in [0.5, 0.6) is 0 Å². The summed E-state index contributed by atoms with van der Waals surface area (Å²) in [5.41, 5.74) is 2.13. The quantitative estimate of drug-likeness (QED) is 0.842. The summed E-state index contributed by atoms with van der Waals surface area (Å²) >= 11 is 3.56. The number of hydrogen-bond acceptors (Lipinski definition) is 4. The van der Waals surface area contributed by atoms with Crippen LogP contribution in [0.2, 0.25) is 0 Å². The zero-order chi connectivity index (χ0) is 12.6. The van der Waals surface area contributed by atoms with Crippen LogP contribution in [0.25, 0.3) is 0 Å². The number of nitrogens with zero attached hydrogens (tertiary/aromatic N) is 3. The first-order valence-corrected chi connectivity index (χ1v) is 6.61. The number of rotatable bonds is 3. The Morgan fingerprint density at radius 3 is 2.41 bits per heavy atom. The minimum atomic E-state index is -0.632. The molecule has 2 N–H and O–H groups in total. The van der Waals surface area contributed by atoms with Crippen molar-refractivity contribution in [3.63, 3.8) is 0 Å².